The van der Waals surface area contributed by atoms with Crippen molar-refractivity contribution in [1.82, 2.24) is 14.9 Å². The number of imidazole rings is 1. The largest absolute Gasteiger partial charge is 0.390 e. The number of hydrogen-bond acceptors (Lipinski definition) is 4. The maximum atomic E-state index is 13.6. The Labute approximate surface area is 191 Å². The Morgan fingerprint density at radius 2 is 1.97 bits per heavy atom. The van der Waals surface area contributed by atoms with E-state index in [9.17, 15) is 8.78 Å². The minimum absolute atomic E-state index is 0.431. The molecule has 0 fully saturated rings. The number of hydrogen-bond donors (Lipinski definition) is 3. The van der Waals surface area contributed by atoms with Crippen molar-refractivity contribution in [2.45, 2.75) is 25.8 Å². The second-order valence-corrected chi connectivity index (χ2v) is 8.68. The molecule has 4 aromatic rings. The number of para-hydroxylation sites is 2. The SMILES string of the molecule is Cc1ccc(Nc2cccc3c2CCN(CC(F)(F)CO)C3)cc1-c1nc2ccccc2[nH]1. The predicted molar refractivity (Wildman–Crippen MR) is 127 cm³/mol. The van der Waals surface area contributed by atoms with E-state index < -0.39 is 19.1 Å². The Bertz CT molecular complexity index is 1270. The van der Waals surface area contributed by atoms with Gasteiger partial charge in [0.1, 0.15) is 12.4 Å². The first-order valence-corrected chi connectivity index (χ1v) is 11.1. The number of aryl methyl sites for hydroxylation is 1. The predicted octanol–water partition coefficient (Wildman–Crippen LogP) is 5.27. The normalized spacial score (nSPS) is 14.4. The van der Waals surface area contributed by atoms with Crippen LogP contribution >= 0.6 is 0 Å². The topological polar surface area (TPSA) is 64.2 Å². The molecule has 0 aliphatic carbocycles. The van der Waals surface area contributed by atoms with Crippen molar-refractivity contribution in [3.63, 3.8) is 0 Å². The van der Waals surface area contributed by atoms with Gasteiger partial charge in [0.2, 0.25) is 0 Å². The highest BCUT2D eigenvalue weighted by Gasteiger charge is 2.32. The van der Waals surface area contributed by atoms with Gasteiger partial charge in [-0.3, -0.25) is 4.90 Å². The molecule has 2 heterocycles. The van der Waals surface area contributed by atoms with E-state index in [1.54, 1.807) is 4.90 Å². The second-order valence-electron chi connectivity index (χ2n) is 8.68. The van der Waals surface area contributed by atoms with Crippen molar-refractivity contribution in [3.05, 3.63) is 77.4 Å². The Balaban J connectivity index is 1.40. The zero-order valence-corrected chi connectivity index (χ0v) is 18.4. The number of benzene rings is 3. The summed E-state index contributed by atoms with van der Waals surface area (Å²) in [4.78, 5) is 9.84. The molecular formula is C26H26F2N4O. The first-order chi connectivity index (χ1) is 15.9. The van der Waals surface area contributed by atoms with Gasteiger partial charge in [0.05, 0.1) is 17.6 Å². The highest BCUT2D eigenvalue weighted by atomic mass is 19.3. The maximum Gasteiger partial charge on any atom is 0.283 e. The van der Waals surface area contributed by atoms with Crippen LogP contribution in [0.2, 0.25) is 0 Å². The highest BCUT2D eigenvalue weighted by Crippen LogP contribution is 2.32. The molecule has 33 heavy (non-hydrogen) atoms. The standard InChI is InChI=1S/C26H26F2N4O/c1-17-9-10-19(13-21(17)25-30-23-6-2-3-7-24(23)31-25)29-22-8-4-5-18-14-32(12-11-20(18)22)15-26(27,28)16-33/h2-10,13,29,33H,11-12,14-16H2,1H3,(H,30,31). The molecule has 5 rings (SSSR count). The summed E-state index contributed by atoms with van der Waals surface area (Å²) in [7, 11) is 0. The number of aromatic nitrogens is 2. The third-order valence-electron chi connectivity index (χ3n) is 6.19. The molecule has 170 valence electrons. The Hall–Kier alpha value is -3.29. The smallest absolute Gasteiger partial charge is 0.283 e. The van der Waals surface area contributed by atoms with Gasteiger partial charge in [-0.05, 0) is 60.4 Å². The fraction of sp³-hybridized carbons (Fsp3) is 0.269. The average Bonchev–Trinajstić information content (AvgIpc) is 3.24. The lowest BCUT2D eigenvalue weighted by molar-refractivity contribution is -0.0749. The Kier molecular flexibility index (Phi) is 5.60. The summed E-state index contributed by atoms with van der Waals surface area (Å²) in [6.07, 6.45) is 0.669. The van der Waals surface area contributed by atoms with Gasteiger partial charge in [-0.15, -0.1) is 0 Å². The van der Waals surface area contributed by atoms with Crippen LogP contribution < -0.4 is 5.32 Å². The number of H-pyrrole nitrogens is 1. The number of alkyl halides is 2. The van der Waals surface area contributed by atoms with E-state index in [1.165, 1.54) is 0 Å². The quantitative estimate of drug-likeness (QED) is 0.376. The third kappa shape index (κ3) is 4.47. The van der Waals surface area contributed by atoms with Gasteiger partial charge >= 0.3 is 0 Å². The van der Waals surface area contributed by atoms with E-state index in [0.29, 0.717) is 19.5 Å². The van der Waals surface area contributed by atoms with Crippen molar-refractivity contribution < 1.29 is 13.9 Å². The summed E-state index contributed by atoms with van der Waals surface area (Å²) in [5, 5.41) is 12.4. The zero-order chi connectivity index (χ0) is 23.0. The molecule has 3 N–H and O–H groups in total. The van der Waals surface area contributed by atoms with Crippen LogP contribution in [0.15, 0.2) is 60.7 Å². The van der Waals surface area contributed by atoms with E-state index in [0.717, 1.165) is 50.5 Å². The molecule has 0 spiro atoms. The summed E-state index contributed by atoms with van der Waals surface area (Å²) in [6.45, 7) is 1.48. The van der Waals surface area contributed by atoms with Crippen LogP contribution in [0.5, 0.6) is 0 Å². The molecule has 0 saturated heterocycles. The molecule has 0 atom stereocenters. The summed E-state index contributed by atoms with van der Waals surface area (Å²) in [6, 6.07) is 20.1. The van der Waals surface area contributed by atoms with Gasteiger partial charge in [-0.2, -0.15) is 0 Å². The summed E-state index contributed by atoms with van der Waals surface area (Å²) < 4.78 is 27.3. The lowest BCUT2D eigenvalue weighted by atomic mass is 9.97. The molecule has 0 unspecified atom stereocenters. The third-order valence-corrected chi connectivity index (χ3v) is 6.19. The van der Waals surface area contributed by atoms with E-state index in [4.69, 9.17) is 10.1 Å². The van der Waals surface area contributed by atoms with Crippen LogP contribution in [-0.2, 0) is 13.0 Å². The van der Waals surface area contributed by atoms with Crippen LogP contribution in [-0.4, -0.2) is 45.6 Å². The molecule has 1 aromatic heterocycles. The van der Waals surface area contributed by atoms with E-state index >= 15 is 0 Å². The minimum Gasteiger partial charge on any atom is -0.390 e. The molecule has 3 aromatic carbocycles. The Morgan fingerprint density at radius 1 is 1.12 bits per heavy atom. The number of nitrogens with one attached hydrogen (secondary N) is 2. The number of fused-ring (bicyclic) bond motifs is 2. The highest BCUT2D eigenvalue weighted by molar-refractivity contribution is 5.81. The fourth-order valence-electron chi connectivity index (χ4n) is 4.49. The van der Waals surface area contributed by atoms with E-state index in [-0.39, 0.29) is 0 Å². The molecule has 0 saturated carbocycles. The van der Waals surface area contributed by atoms with Gasteiger partial charge in [0, 0.05) is 30.0 Å². The number of halogens is 2. The molecule has 7 heteroatoms. The zero-order valence-electron chi connectivity index (χ0n) is 18.4. The summed E-state index contributed by atoms with van der Waals surface area (Å²) in [5.41, 5.74) is 8.18. The van der Waals surface area contributed by atoms with Crippen LogP contribution in [0.1, 0.15) is 16.7 Å². The molecule has 0 radical (unpaired) electrons. The number of aliphatic hydroxyl groups is 1. The van der Waals surface area contributed by atoms with Gasteiger partial charge in [0.15, 0.2) is 0 Å². The number of rotatable bonds is 6. The number of aliphatic hydroxyl groups excluding tert-OH is 1. The monoisotopic (exact) mass is 448 g/mol. The van der Waals surface area contributed by atoms with Gasteiger partial charge in [-0.25, -0.2) is 13.8 Å². The number of anilines is 2. The van der Waals surface area contributed by atoms with Crippen LogP contribution in [0.4, 0.5) is 20.2 Å². The van der Waals surface area contributed by atoms with E-state index in [1.807, 2.05) is 48.5 Å². The fourth-order valence-corrected chi connectivity index (χ4v) is 4.49. The maximum absolute atomic E-state index is 13.6. The molecule has 5 nitrogen and oxygen atoms in total. The van der Waals surface area contributed by atoms with Crippen LogP contribution in [0, 0.1) is 6.92 Å². The van der Waals surface area contributed by atoms with Crippen LogP contribution in [0.3, 0.4) is 0 Å². The first-order valence-electron chi connectivity index (χ1n) is 11.1. The lowest BCUT2D eigenvalue weighted by Crippen LogP contribution is -2.41. The van der Waals surface area contributed by atoms with Gasteiger partial charge in [-0.1, -0.05) is 30.3 Å². The van der Waals surface area contributed by atoms with Gasteiger partial charge < -0.3 is 15.4 Å². The van der Waals surface area contributed by atoms with Gasteiger partial charge in [0.25, 0.3) is 5.92 Å². The number of nitrogens with zero attached hydrogens (tertiary/aromatic N) is 2. The van der Waals surface area contributed by atoms with Crippen molar-refractivity contribution in [2.24, 2.45) is 0 Å². The molecule has 0 bridgehead atoms. The number of aromatic amines is 1. The summed E-state index contributed by atoms with van der Waals surface area (Å²) >= 11 is 0. The van der Waals surface area contributed by atoms with Crippen molar-refractivity contribution in [1.29, 1.82) is 0 Å². The first kappa shape index (κ1) is 21.6. The molecule has 0 amide bonds. The van der Waals surface area contributed by atoms with E-state index in [2.05, 4.69) is 29.4 Å². The average molecular weight is 449 g/mol. The van der Waals surface area contributed by atoms with Crippen molar-refractivity contribution >= 4 is 22.4 Å². The molecular weight excluding hydrogens is 422 g/mol. The van der Waals surface area contributed by atoms with Crippen molar-refractivity contribution in [2.75, 3.05) is 25.0 Å². The van der Waals surface area contributed by atoms with Crippen LogP contribution in [0.25, 0.3) is 22.4 Å². The molecule has 1 aliphatic rings. The Morgan fingerprint density at radius 3 is 2.79 bits per heavy atom. The summed E-state index contributed by atoms with van der Waals surface area (Å²) in [5.74, 6) is -2.25. The minimum atomic E-state index is -3.08. The lowest BCUT2D eigenvalue weighted by Gasteiger charge is -2.32. The second kappa shape index (κ2) is 8.57. The molecule has 1 aliphatic heterocycles. The van der Waals surface area contributed by atoms with Crippen molar-refractivity contribution in [3.8, 4) is 11.4 Å².